The summed E-state index contributed by atoms with van der Waals surface area (Å²) in [6.07, 6.45) is -10.4. The van der Waals surface area contributed by atoms with E-state index in [2.05, 4.69) is 4.74 Å². The van der Waals surface area contributed by atoms with Gasteiger partial charge in [-0.3, -0.25) is 20.4 Å². The molecule has 0 bridgehead atoms. The van der Waals surface area contributed by atoms with E-state index in [9.17, 15) is 35.9 Å². The third-order valence-electron chi connectivity index (χ3n) is 3.82. The minimum absolute atomic E-state index is 0.0338. The number of hydrazine groups is 1. The van der Waals surface area contributed by atoms with Crippen LogP contribution >= 0.6 is 0 Å². The highest BCUT2D eigenvalue weighted by atomic mass is 19.4. The second-order valence-corrected chi connectivity index (χ2v) is 5.73. The predicted molar refractivity (Wildman–Crippen MR) is 90.9 cm³/mol. The van der Waals surface area contributed by atoms with Crippen LogP contribution in [-0.2, 0) is 12.4 Å². The molecule has 0 spiro atoms. The number of rotatable bonds is 4. The molecule has 2 N–H and O–H groups in total. The average molecular weight is 436 g/mol. The number of halogens is 6. The Balaban J connectivity index is 2.34. The molecule has 6 nitrogen and oxygen atoms in total. The Kier molecular flexibility index (Phi) is 6.48. The van der Waals surface area contributed by atoms with Gasteiger partial charge in [-0.1, -0.05) is 0 Å². The lowest BCUT2D eigenvalue weighted by Crippen LogP contribution is -2.42. The summed E-state index contributed by atoms with van der Waals surface area (Å²) in [6, 6.07) is 5.55. The summed E-state index contributed by atoms with van der Waals surface area (Å²) < 4.78 is 88.2. The number of hydrogen-bond acceptors (Lipinski definition) is 4. The van der Waals surface area contributed by atoms with Crippen LogP contribution in [0.25, 0.3) is 0 Å². The number of amides is 2. The lowest BCUT2D eigenvalue weighted by Gasteiger charge is -2.19. The Morgan fingerprint density at radius 1 is 0.800 bits per heavy atom. The highest BCUT2D eigenvalue weighted by Crippen LogP contribution is 2.41. The number of hydrogen-bond donors (Lipinski definition) is 2. The van der Waals surface area contributed by atoms with Crippen LogP contribution in [0.15, 0.2) is 36.4 Å². The first-order valence-corrected chi connectivity index (χ1v) is 7.99. The van der Waals surface area contributed by atoms with Gasteiger partial charge >= 0.3 is 12.4 Å². The second-order valence-electron chi connectivity index (χ2n) is 5.73. The fourth-order valence-corrected chi connectivity index (χ4v) is 2.39. The molecular formula is C18H14F6N2O4. The SMILES string of the molecule is COc1ccc(C(=O)NNC(=O)c2c(OC)cc(C(F)(F)F)cc2C(F)(F)F)cc1. The average Bonchev–Trinajstić information content (AvgIpc) is 2.69. The van der Waals surface area contributed by atoms with Gasteiger partial charge in [0.2, 0.25) is 0 Å². The number of ether oxygens (including phenoxy) is 2. The lowest BCUT2D eigenvalue weighted by molar-refractivity contribution is -0.143. The zero-order valence-corrected chi connectivity index (χ0v) is 15.4. The van der Waals surface area contributed by atoms with Crippen LogP contribution in [0.5, 0.6) is 11.5 Å². The number of carbonyl (C=O) groups excluding carboxylic acids is 2. The molecule has 0 atom stereocenters. The molecule has 162 valence electrons. The molecule has 0 aliphatic heterocycles. The normalized spacial score (nSPS) is 11.6. The molecule has 0 fully saturated rings. The van der Waals surface area contributed by atoms with Crippen molar-refractivity contribution >= 4 is 11.8 Å². The summed E-state index contributed by atoms with van der Waals surface area (Å²) in [5, 5.41) is 0. The standard InChI is InChI=1S/C18H14F6N2O4/c1-29-11-5-3-9(4-6-11)15(27)25-26-16(28)14-12(18(22,23)24)7-10(17(19,20)21)8-13(14)30-2/h3-8H,1-2H3,(H,25,27)(H,26,28). The van der Waals surface area contributed by atoms with Crippen molar-refractivity contribution in [1.29, 1.82) is 0 Å². The minimum Gasteiger partial charge on any atom is -0.497 e. The maximum atomic E-state index is 13.3. The van der Waals surface area contributed by atoms with Gasteiger partial charge < -0.3 is 9.47 Å². The molecule has 0 radical (unpaired) electrons. The van der Waals surface area contributed by atoms with Crippen molar-refractivity contribution in [1.82, 2.24) is 10.9 Å². The third-order valence-corrected chi connectivity index (χ3v) is 3.82. The highest BCUT2D eigenvalue weighted by Gasteiger charge is 2.41. The fourth-order valence-electron chi connectivity index (χ4n) is 2.39. The molecule has 2 aromatic rings. The van der Waals surface area contributed by atoms with Gasteiger partial charge in [-0.05, 0) is 36.4 Å². The second kappa shape index (κ2) is 8.51. The van der Waals surface area contributed by atoms with Crippen LogP contribution in [0.1, 0.15) is 31.8 Å². The van der Waals surface area contributed by atoms with E-state index in [0.29, 0.717) is 5.75 Å². The number of alkyl halides is 6. The number of benzene rings is 2. The molecule has 0 aliphatic carbocycles. The zero-order chi connectivity index (χ0) is 22.7. The van der Waals surface area contributed by atoms with Gasteiger partial charge in [0.05, 0.1) is 30.9 Å². The maximum absolute atomic E-state index is 13.3. The van der Waals surface area contributed by atoms with Crippen molar-refractivity contribution in [3.05, 3.63) is 58.7 Å². The Labute approximate surface area is 165 Å². The van der Waals surface area contributed by atoms with Gasteiger partial charge in [0.1, 0.15) is 11.5 Å². The fraction of sp³-hybridized carbons (Fsp3) is 0.222. The Hall–Kier alpha value is -3.44. The first-order chi connectivity index (χ1) is 13.9. The van der Waals surface area contributed by atoms with E-state index in [-0.39, 0.29) is 17.7 Å². The van der Waals surface area contributed by atoms with E-state index in [0.717, 1.165) is 7.11 Å². The van der Waals surface area contributed by atoms with Crippen molar-refractivity contribution in [3.63, 3.8) is 0 Å². The van der Waals surface area contributed by atoms with Gasteiger partial charge in [0, 0.05) is 5.56 Å². The van der Waals surface area contributed by atoms with E-state index in [1.54, 1.807) is 5.43 Å². The van der Waals surface area contributed by atoms with Crippen molar-refractivity contribution < 1.29 is 45.4 Å². The summed E-state index contributed by atoms with van der Waals surface area (Å²) in [5.41, 5.74) is -1.07. The summed E-state index contributed by atoms with van der Waals surface area (Å²) in [6.45, 7) is 0. The smallest absolute Gasteiger partial charge is 0.417 e. The van der Waals surface area contributed by atoms with Crippen LogP contribution in [0.3, 0.4) is 0 Å². The topological polar surface area (TPSA) is 76.7 Å². The molecule has 0 unspecified atom stereocenters. The van der Waals surface area contributed by atoms with Crippen molar-refractivity contribution in [3.8, 4) is 11.5 Å². The van der Waals surface area contributed by atoms with Crippen LogP contribution in [0, 0.1) is 0 Å². The Morgan fingerprint density at radius 2 is 1.37 bits per heavy atom. The summed E-state index contributed by atoms with van der Waals surface area (Å²) in [4.78, 5) is 24.3. The largest absolute Gasteiger partial charge is 0.497 e. The van der Waals surface area contributed by atoms with E-state index < -0.39 is 46.6 Å². The van der Waals surface area contributed by atoms with E-state index in [1.165, 1.54) is 31.4 Å². The first kappa shape index (κ1) is 22.8. The molecule has 12 heteroatoms. The van der Waals surface area contributed by atoms with Gasteiger partial charge in [0.15, 0.2) is 0 Å². The molecule has 2 rings (SSSR count). The zero-order valence-electron chi connectivity index (χ0n) is 15.4. The summed E-state index contributed by atoms with van der Waals surface area (Å²) in [7, 11) is 2.20. The molecular weight excluding hydrogens is 422 g/mol. The van der Waals surface area contributed by atoms with Crippen LogP contribution in [0.2, 0.25) is 0 Å². The van der Waals surface area contributed by atoms with Gasteiger partial charge in [0.25, 0.3) is 11.8 Å². The van der Waals surface area contributed by atoms with Crippen LogP contribution < -0.4 is 20.3 Å². The molecule has 0 saturated heterocycles. The van der Waals surface area contributed by atoms with E-state index in [1.807, 2.05) is 5.43 Å². The van der Waals surface area contributed by atoms with Gasteiger partial charge in [-0.25, -0.2) is 0 Å². The van der Waals surface area contributed by atoms with Crippen molar-refractivity contribution in [2.45, 2.75) is 12.4 Å². The Morgan fingerprint density at radius 3 is 1.83 bits per heavy atom. The summed E-state index contributed by atoms with van der Waals surface area (Å²) >= 11 is 0. The Bertz CT molecular complexity index is 939. The van der Waals surface area contributed by atoms with Gasteiger partial charge in [-0.2, -0.15) is 26.3 Å². The van der Waals surface area contributed by atoms with E-state index >= 15 is 0 Å². The number of carbonyl (C=O) groups is 2. The molecule has 0 saturated carbocycles. The monoisotopic (exact) mass is 436 g/mol. The number of nitrogens with one attached hydrogen (secondary N) is 2. The van der Waals surface area contributed by atoms with E-state index in [4.69, 9.17) is 4.74 Å². The third kappa shape index (κ3) is 5.13. The molecule has 2 amide bonds. The number of methoxy groups -OCH3 is 2. The van der Waals surface area contributed by atoms with Gasteiger partial charge in [-0.15, -0.1) is 0 Å². The van der Waals surface area contributed by atoms with Crippen molar-refractivity contribution in [2.75, 3.05) is 14.2 Å². The lowest BCUT2D eigenvalue weighted by atomic mass is 10.0. The quantitative estimate of drug-likeness (QED) is 0.565. The molecule has 30 heavy (non-hydrogen) atoms. The molecule has 0 heterocycles. The van der Waals surface area contributed by atoms with Crippen LogP contribution in [0.4, 0.5) is 26.3 Å². The maximum Gasteiger partial charge on any atom is 0.417 e. The minimum atomic E-state index is -5.30. The first-order valence-electron chi connectivity index (χ1n) is 7.99. The molecule has 0 aromatic heterocycles. The molecule has 0 aliphatic rings. The van der Waals surface area contributed by atoms with Crippen molar-refractivity contribution in [2.24, 2.45) is 0 Å². The highest BCUT2D eigenvalue weighted by molar-refractivity contribution is 6.01. The predicted octanol–water partition coefficient (Wildman–Crippen LogP) is 3.82. The summed E-state index contributed by atoms with van der Waals surface area (Å²) in [5.74, 6) is -2.94. The molecule has 2 aromatic carbocycles. The van der Waals surface area contributed by atoms with Crippen LogP contribution in [-0.4, -0.2) is 26.0 Å².